The van der Waals surface area contributed by atoms with Gasteiger partial charge in [0.25, 0.3) is 0 Å². The van der Waals surface area contributed by atoms with Gasteiger partial charge in [0.1, 0.15) is 5.75 Å². The van der Waals surface area contributed by atoms with E-state index in [4.69, 9.17) is 4.74 Å². The average Bonchev–Trinajstić information content (AvgIpc) is 2.39. The molecule has 1 spiro atoms. The molecule has 4 heteroatoms. The first-order valence-corrected chi connectivity index (χ1v) is 6.63. The second-order valence-corrected chi connectivity index (χ2v) is 5.55. The number of hydrogen-bond acceptors (Lipinski definition) is 3. The van der Waals surface area contributed by atoms with Gasteiger partial charge in [-0.05, 0) is 55.5 Å². The van der Waals surface area contributed by atoms with Gasteiger partial charge in [-0.2, -0.15) is 0 Å². The number of ketones is 1. The SMILES string of the molecule is COc1ccc2c(c1)C(=O)CC1(CCNCC1)C2.Cl. The number of benzene rings is 1. The van der Waals surface area contributed by atoms with Gasteiger partial charge in [-0.15, -0.1) is 12.4 Å². The Balaban J connectivity index is 0.00000133. The monoisotopic (exact) mass is 281 g/mol. The zero-order valence-corrected chi connectivity index (χ0v) is 12.0. The Bertz CT molecular complexity index is 481. The van der Waals surface area contributed by atoms with Crippen LogP contribution in [0.2, 0.25) is 0 Å². The molecule has 0 radical (unpaired) electrons. The Kier molecular flexibility index (Phi) is 4.16. The molecule has 1 heterocycles. The zero-order chi connectivity index (χ0) is 12.6. The highest BCUT2D eigenvalue weighted by Gasteiger charge is 2.39. The molecule has 104 valence electrons. The van der Waals surface area contributed by atoms with Crippen molar-refractivity contribution >= 4 is 18.2 Å². The number of fused-ring (bicyclic) bond motifs is 1. The minimum atomic E-state index is 0. The lowest BCUT2D eigenvalue weighted by molar-refractivity contribution is 0.0835. The van der Waals surface area contributed by atoms with E-state index in [1.54, 1.807) is 7.11 Å². The molecule has 3 nitrogen and oxygen atoms in total. The van der Waals surface area contributed by atoms with E-state index in [9.17, 15) is 4.79 Å². The Labute approximate surface area is 120 Å². The molecule has 0 atom stereocenters. The molecule has 1 N–H and O–H groups in total. The minimum absolute atomic E-state index is 0. The van der Waals surface area contributed by atoms with Crippen LogP contribution < -0.4 is 10.1 Å². The number of piperidine rings is 1. The van der Waals surface area contributed by atoms with Crippen molar-refractivity contribution in [3.05, 3.63) is 29.3 Å². The molecular weight excluding hydrogens is 262 g/mol. The van der Waals surface area contributed by atoms with E-state index in [1.807, 2.05) is 12.1 Å². The van der Waals surface area contributed by atoms with E-state index in [1.165, 1.54) is 5.56 Å². The first-order chi connectivity index (χ1) is 8.72. The van der Waals surface area contributed by atoms with Crippen LogP contribution in [0, 0.1) is 5.41 Å². The van der Waals surface area contributed by atoms with Crippen molar-refractivity contribution in [2.75, 3.05) is 20.2 Å². The molecule has 1 aliphatic carbocycles. The largest absolute Gasteiger partial charge is 0.497 e. The van der Waals surface area contributed by atoms with Crippen molar-refractivity contribution in [3.8, 4) is 5.75 Å². The van der Waals surface area contributed by atoms with E-state index >= 15 is 0 Å². The van der Waals surface area contributed by atoms with Gasteiger partial charge in [-0.25, -0.2) is 0 Å². The summed E-state index contributed by atoms with van der Waals surface area (Å²) in [5.41, 5.74) is 2.29. The van der Waals surface area contributed by atoms with Crippen LogP contribution >= 0.6 is 12.4 Å². The maximum Gasteiger partial charge on any atom is 0.163 e. The number of Topliss-reactive ketones (excluding diaryl/α,β-unsaturated/α-hetero) is 1. The fraction of sp³-hybridized carbons (Fsp3) is 0.533. The smallest absolute Gasteiger partial charge is 0.163 e. The molecule has 0 aromatic heterocycles. The third-order valence-corrected chi connectivity index (χ3v) is 4.38. The summed E-state index contributed by atoms with van der Waals surface area (Å²) in [6.07, 6.45) is 3.98. The summed E-state index contributed by atoms with van der Waals surface area (Å²) < 4.78 is 5.20. The van der Waals surface area contributed by atoms with E-state index < -0.39 is 0 Å². The third-order valence-electron chi connectivity index (χ3n) is 4.38. The number of carbonyl (C=O) groups is 1. The number of hydrogen-bond donors (Lipinski definition) is 1. The molecule has 1 saturated heterocycles. The molecule has 0 unspecified atom stereocenters. The highest BCUT2D eigenvalue weighted by Crippen LogP contribution is 2.42. The van der Waals surface area contributed by atoms with Gasteiger partial charge < -0.3 is 10.1 Å². The summed E-state index contributed by atoms with van der Waals surface area (Å²) in [5, 5.41) is 3.38. The van der Waals surface area contributed by atoms with E-state index in [-0.39, 0.29) is 23.6 Å². The zero-order valence-electron chi connectivity index (χ0n) is 11.2. The van der Waals surface area contributed by atoms with Crippen LogP contribution in [0.5, 0.6) is 5.75 Å². The number of rotatable bonds is 1. The van der Waals surface area contributed by atoms with E-state index in [0.29, 0.717) is 6.42 Å². The van der Waals surface area contributed by atoms with Gasteiger partial charge in [0.15, 0.2) is 5.78 Å². The fourth-order valence-corrected chi connectivity index (χ4v) is 3.31. The maximum absolute atomic E-state index is 12.4. The Morgan fingerprint density at radius 3 is 2.63 bits per heavy atom. The summed E-state index contributed by atoms with van der Waals surface area (Å²) in [5.74, 6) is 1.07. The highest BCUT2D eigenvalue weighted by molar-refractivity contribution is 5.99. The van der Waals surface area contributed by atoms with Crippen molar-refractivity contribution in [1.29, 1.82) is 0 Å². The molecule has 0 bridgehead atoms. The van der Waals surface area contributed by atoms with Crippen LogP contribution in [-0.2, 0) is 6.42 Å². The van der Waals surface area contributed by atoms with Crippen molar-refractivity contribution in [1.82, 2.24) is 5.32 Å². The number of ether oxygens (including phenoxy) is 1. The first-order valence-electron chi connectivity index (χ1n) is 6.63. The number of carbonyl (C=O) groups excluding carboxylic acids is 1. The Morgan fingerprint density at radius 2 is 1.95 bits per heavy atom. The third kappa shape index (κ3) is 2.63. The first kappa shape index (κ1) is 14.4. The summed E-state index contributed by atoms with van der Waals surface area (Å²) in [6, 6.07) is 5.92. The molecule has 1 aromatic rings. The normalized spacial score (nSPS) is 20.6. The van der Waals surface area contributed by atoms with Crippen LogP contribution in [0.3, 0.4) is 0 Å². The lowest BCUT2D eigenvalue weighted by atomic mass is 9.66. The van der Waals surface area contributed by atoms with Crippen LogP contribution in [0.1, 0.15) is 35.2 Å². The van der Waals surface area contributed by atoms with Gasteiger partial charge in [0.2, 0.25) is 0 Å². The van der Waals surface area contributed by atoms with Crippen LogP contribution in [-0.4, -0.2) is 26.0 Å². The van der Waals surface area contributed by atoms with E-state index in [2.05, 4.69) is 11.4 Å². The van der Waals surface area contributed by atoms with Gasteiger partial charge in [-0.1, -0.05) is 6.07 Å². The standard InChI is InChI=1S/C15H19NO2.ClH/c1-18-12-3-2-11-9-15(4-6-16-7-5-15)10-14(17)13(11)8-12;/h2-3,8,16H,4-7,9-10H2,1H3;1H. The number of nitrogens with one attached hydrogen (secondary N) is 1. The average molecular weight is 282 g/mol. The number of methoxy groups -OCH3 is 1. The summed E-state index contributed by atoms with van der Waals surface area (Å²) in [7, 11) is 1.64. The predicted molar refractivity (Wildman–Crippen MR) is 77.4 cm³/mol. The van der Waals surface area contributed by atoms with Crippen LogP contribution in [0.4, 0.5) is 0 Å². The summed E-state index contributed by atoms with van der Waals surface area (Å²) in [6.45, 7) is 2.08. The molecule has 1 aliphatic heterocycles. The van der Waals surface area contributed by atoms with Crippen molar-refractivity contribution in [3.63, 3.8) is 0 Å². The predicted octanol–water partition coefficient (Wildman–Crippen LogP) is 2.62. The lowest BCUT2D eigenvalue weighted by Crippen LogP contribution is -2.42. The molecule has 2 aliphatic rings. The van der Waals surface area contributed by atoms with Gasteiger partial charge in [0, 0.05) is 12.0 Å². The topological polar surface area (TPSA) is 38.3 Å². The maximum atomic E-state index is 12.4. The molecule has 1 aromatic carbocycles. The minimum Gasteiger partial charge on any atom is -0.497 e. The molecular formula is C15H20ClNO2. The van der Waals surface area contributed by atoms with Crippen LogP contribution in [0.25, 0.3) is 0 Å². The van der Waals surface area contributed by atoms with Crippen LogP contribution in [0.15, 0.2) is 18.2 Å². The lowest BCUT2D eigenvalue weighted by Gasteiger charge is -2.40. The molecule has 1 fully saturated rings. The van der Waals surface area contributed by atoms with Gasteiger partial charge in [-0.3, -0.25) is 4.79 Å². The van der Waals surface area contributed by atoms with Gasteiger partial charge >= 0.3 is 0 Å². The quantitative estimate of drug-likeness (QED) is 0.860. The van der Waals surface area contributed by atoms with Crippen molar-refractivity contribution in [2.24, 2.45) is 5.41 Å². The fourth-order valence-electron chi connectivity index (χ4n) is 3.31. The van der Waals surface area contributed by atoms with Gasteiger partial charge in [0.05, 0.1) is 7.11 Å². The summed E-state index contributed by atoms with van der Waals surface area (Å²) >= 11 is 0. The Morgan fingerprint density at radius 1 is 1.21 bits per heavy atom. The molecule has 0 amide bonds. The summed E-state index contributed by atoms with van der Waals surface area (Å²) in [4.78, 5) is 12.4. The second-order valence-electron chi connectivity index (χ2n) is 5.55. The molecule has 19 heavy (non-hydrogen) atoms. The molecule has 3 rings (SSSR count). The number of halogens is 1. The highest BCUT2D eigenvalue weighted by atomic mass is 35.5. The van der Waals surface area contributed by atoms with Crippen molar-refractivity contribution < 1.29 is 9.53 Å². The Hall–Kier alpha value is -1.06. The van der Waals surface area contributed by atoms with E-state index in [0.717, 1.165) is 43.7 Å². The van der Waals surface area contributed by atoms with Crippen molar-refractivity contribution in [2.45, 2.75) is 25.7 Å². The second kappa shape index (κ2) is 5.51. The molecule has 0 saturated carbocycles.